The van der Waals surface area contributed by atoms with Crippen LogP contribution in [0.1, 0.15) is 70.8 Å². The number of halogens is 1. The highest BCUT2D eigenvalue weighted by atomic mass is 35.5. The van der Waals surface area contributed by atoms with Gasteiger partial charge in [-0.3, -0.25) is 9.59 Å². The Morgan fingerprint density at radius 2 is 1.80 bits per heavy atom. The highest BCUT2D eigenvalue weighted by molar-refractivity contribution is 6.30. The van der Waals surface area contributed by atoms with E-state index in [1.54, 1.807) is 0 Å². The molecule has 1 saturated carbocycles. The van der Waals surface area contributed by atoms with E-state index in [2.05, 4.69) is 15.5 Å². The van der Waals surface area contributed by atoms with Crippen molar-refractivity contribution in [2.24, 2.45) is 5.92 Å². The molecule has 2 saturated heterocycles. The zero-order valence-corrected chi connectivity index (χ0v) is 22.2. The predicted octanol–water partition coefficient (Wildman–Crippen LogP) is 4.01. The summed E-state index contributed by atoms with van der Waals surface area (Å²) in [7, 11) is 0. The van der Waals surface area contributed by atoms with Crippen LogP contribution in [-0.2, 0) is 16.0 Å². The van der Waals surface area contributed by atoms with Crippen molar-refractivity contribution >= 4 is 23.4 Å². The van der Waals surface area contributed by atoms with Gasteiger partial charge in [-0.15, -0.1) is 0 Å². The second-order valence-electron chi connectivity index (χ2n) is 11.0. The number of rotatable bonds is 9. The highest BCUT2D eigenvalue weighted by Gasteiger charge is 2.39. The number of amides is 2. The lowest BCUT2D eigenvalue weighted by atomic mass is 9.92. The van der Waals surface area contributed by atoms with Crippen LogP contribution in [0.15, 0.2) is 24.3 Å². The monoisotopic (exact) mass is 502 g/mol. The van der Waals surface area contributed by atoms with Crippen LogP contribution in [0, 0.1) is 5.92 Å². The summed E-state index contributed by atoms with van der Waals surface area (Å²) in [4.78, 5) is 31.2. The van der Waals surface area contributed by atoms with Crippen molar-refractivity contribution in [1.29, 1.82) is 0 Å². The van der Waals surface area contributed by atoms with Crippen molar-refractivity contribution in [1.82, 2.24) is 20.4 Å². The maximum atomic E-state index is 13.8. The number of benzene rings is 1. The van der Waals surface area contributed by atoms with Crippen LogP contribution in [0.3, 0.4) is 0 Å². The molecule has 0 bridgehead atoms. The van der Waals surface area contributed by atoms with Crippen LogP contribution in [0.2, 0.25) is 5.02 Å². The summed E-state index contributed by atoms with van der Waals surface area (Å²) in [6.07, 6.45) is 9.71. The van der Waals surface area contributed by atoms with E-state index in [0.29, 0.717) is 30.1 Å². The minimum Gasteiger partial charge on any atom is -0.339 e. The van der Waals surface area contributed by atoms with Gasteiger partial charge in [0.05, 0.1) is 12.1 Å². The van der Waals surface area contributed by atoms with Gasteiger partial charge in [0.2, 0.25) is 11.8 Å². The van der Waals surface area contributed by atoms with E-state index in [-0.39, 0.29) is 29.8 Å². The van der Waals surface area contributed by atoms with Gasteiger partial charge >= 0.3 is 0 Å². The molecule has 3 atom stereocenters. The van der Waals surface area contributed by atoms with Crippen molar-refractivity contribution in [2.45, 2.75) is 95.8 Å². The molecule has 1 aromatic carbocycles. The lowest BCUT2D eigenvalue weighted by Crippen LogP contribution is -2.53. The van der Waals surface area contributed by atoms with Gasteiger partial charge in [-0.05, 0) is 62.8 Å². The molecule has 0 radical (unpaired) electrons. The molecule has 1 aromatic rings. The lowest BCUT2D eigenvalue weighted by Gasteiger charge is -2.39. The molecule has 2 aliphatic heterocycles. The SMILES string of the molecule is CC(C)C(=O)N(C1CCCCC1)[C@H]1CCN(C(=O)[C@@H](Cc2ccc(Cl)cc2)NC[C@H]2CCCN2)C1. The summed E-state index contributed by atoms with van der Waals surface area (Å²) in [6.45, 7) is 7.21. The van der Waals surface area contributed by atoms with E-state index in [0.717, 1.165) is 50.9 Å². The van der Waals surface area contributed by atoms with Crippen LogP contribution < -0.4 is 10.6 Å². The summed E-state index contributed by atoms with van der Waals surface area (Å²) in [5.74, 6) is 0.389. The molecule has 0 aromatic heterocycles. The van der Waals surface area contributed by atoms with Crippen molar-refractivity contribution in [2.75, 3.05) is 26.2 Å². The molecular weight excluding hydrogens is 460 g/mol. The number of nitrogens with one attached hydrogen (secondary N) is 2. The summed E-state index contributed by atoms with van der Waals surface area (Å²) in [5, 5.41) is 7.81. The quantitative estimate of drug-likeness (QED) is 0.535. The van der Waals surface area contributed by atoms with Crippen molar-refractivity contribution in [3.8, 4) is 0 Å². The molecule has 2 heterocycles. The molecule has 3 fully saturated rings. The number of nitrogens with zero attached hydrogens (tertiary/aromatic N) is 2. The molecule has 0 spiro atoms. The molecule has 6 nitrogen and oxygen atoms in total. The Hall–Kier alpha value is -1.63. The van der Waals surface area contributed by atoms with Crippen LogP contribution in [0.5, 0.6) is 0 Å². The number of carbonyl (C=O) groups is 2. The molecular formula is C28H43ClN4O2. The third kappa shape index (κ3) is 6.99. The number of likely N-dealkylation sites (tertiary alicyclic amines) is 1. The van der Waals surface area contributed by atoms with Gasteiger partial charge < -0.3 is 20.4 Å². The molecule has 2 amide bonds. The Balaban J connectivity index is 1.44. The molecule has 0 unspecified atom stereocenters. The Morgan fingerprint density at radius 3 is 2.46 bits per heavy atom. The maximum absolute atomic E-state index is 13.8. The first kappa shape index (κ1) is 26.4. The van der Waals surface area contributed by atoms with Crippen LogP contribution >= 0.6 is 11.6 Å². The highest BCUT2D eigenvalue weighted by Crippen LogP contribution is 2.29. The summed E-state index contributed by atoms with van der Waals surface area (Å²) < 4.78 is 0. The molecule has 2 N–H and O–H groups in total. The lowest BCUT2D eigenvalue weighted by molar-refractivity contribution is -0.141. The summed E-state index contributed by atoms with van der Waals surface area (Å²) in [5.41, 5.74) is 1.11. The largest absolute Gasteiger partial charge is 0.339 e. The molecule has 3 aliphatic rings. The smallest absolute Gasteiger partial charge is 0.240 e. The minimum absolute atomic E-state index is 0.0140. The van der Waals surface area contributed by atoms with E-state index >= 15 is 0 Å². The first-order chi connectivity index (χ1) is 16.9. The number of hydrogen-bond acceptors (Lipinski definition) is 4. The van der Waals surface area contributed by atoms with Crippen molar-refractivity contribution in [3.63, 3.8) is 0 Å². The molecule has 7 heteroatoms. The second kappa shape index (κ2) is 12.6. The number of carbonyl (C=O) groups excluding carboxylic acids is 2. The van der Waals surface area contributed by atoms with Crippen molar-refractivity contribution < 1.29 is 9.59 Å². The first-order valence-electron chi connectivity index (χ1n) is 13.7. The third-order valence-corrected chi connectivity index (χ3v) is 8.26. The average Bonchev–Trinajstić information content (AvgIpc) is 3.56. The fraction of sp³-hybridized carbons (Fsp3) is 0.714. The molecule has 194 valence electrons. The topological polar surface area (TPSA) is 64.7 Å². The van der Waals surface area contributed by atoms with E-state index < -0.39 is 0 Å². The van der Waals surface area contributed by atoms with Crippen LogP contribution in [0.25, 0.3) is 0 Å². The third-order valence-electron chi connectivity index (χ3n) is 8.01. The molecule has 35 heavy (non-hydrogen) atoms. The van der Waals surface area contributed by atoms with E-state index in [1.807, 2.05) is 43.0 Å². The fourth-order valence-corrected chi connectivity index (χ4v) is 6.15. The van der Waals surface area contributed by atoms with Crippen LogP contribution in [-0.4, -0.2) is 72.0 Å². The average molecular weight is 503 g/mol. The fourth-order valence-electron chi connectivity index (χ4n) is 6.02. The van der Waals surface area contributed by atoms with E-state index in [4.69, 9.17) is 11.6 Å². The van der Waals surface area contributed by atoms with Gasteiger partial charge in [0.1, 0.15) is 0 Å². The standard InChI is InChI=1S/C28H43ClN4O2/c1-20(2)27(34)33(24-8-4-3-5-9-24)25-14-16-32(19-25)28(35)26(31-18-23-7-6-15-30-23)17-21-10-12-22(29)13-11-21/h10-13,20,23-26,30-31H,3-9,14-19H2,1-2H3/t23-,25+,26-/m1/s1. The zero-order chi connectivity index (χ0) is 24.8. The Morgan fingerprint density at radius 1 is 1.06 bits per heavy atom. The molecule has 4 rings (SSSR count). The van der Waals surface area contributed by atoms with Gasteiger partial charge in [0.25, 0.3) is 0 Å². The van der Waals surface area contributed by atoms with Gasteiger partial charge in [-0.25, -0.2) is 0 Å². The van der Waals surface area contributed by atoms with E-state index in [1.165, 1.54) is 25.7 Å². The summed E-state index contributed by atoms with van der Waals surface area (Å²) >= 11 is 6.09. The number of hydrogen-bond donors (Lipinski definition) is 2. The Kier molecular flexibility index (Phi) is 9.48. The predicted molar refractivity (Wildman–Crippen MR) is 142 cm³/mol. The van der Waals surface area contributed by atoms with Gasteiger partial charge in [-0.2, -0.15) is 0 Å². The Bertz CT molecular complexity index is 834. The Labute approximate surface area is 216 Å². The van der Waals surface area contributed by atoms with Gasteiger partial charge in [0.15, 0.2) is 0 Å². The zero-order valence-electron chi connectivity index (χ0n) is 21.5. The minimum atomic E-state index is -0.277. The first-order valence-corrected chi connectivity index (χ1v) is 14.1. The van der Waals surface area contributed by atoms with Crippen molar-refractivity contribution in [3.05, 3.63) is 34.9 Å². The van der Waals surface area contributed by atoms with Crippen LogP contribution in [0.4, 0.5) is 0 Å². The maximum Gasteiger partial charge on any atom is 0.240 e. The second-order valence-corrected chi connectivity index (χ2v) is 11.4. The molecule has 1 aliphatic carbocycles. The van der Waals surface area contributed by atoms with E-state index in [9.17, 15) is 9.59 Å². The van der Waals surface area contributed by atoms with Gasteiger partial charge in [-0.1, -0.05) is 56.8 Å². The summed E-state index contributed by atoms with van der Waals surface area (Å²) in [6, 6.07) is 8.41. The normalized spacial score (nSPS) is 24.2. The van der Waals surface area contributed by atoms with Gasteiger partial charge in [0, 0.05) is 42.7 Å².